The Morgan fingerprint density at radius 1 is 0.952 bits per heavy atom. The summed E-state index contributed by atoms with van der Waals surface area (Å²) in [7, 11) is 1.35. The van der Waals surface area contributed by atoms with E-state index in [2.05, 4.69) is 0 Å². The second-order valence-corrected chi connectivity index (χ2v) is 4.33. The second-order valence-electron chi connectivity index (χ2n) is 4.33. The molecule has 0 radical (unpaired) electrons. The lowest BCUT2D eigenvalue weighted by atomic mass is 9.98. The summed E-state index contributed by atoms with van der Waals surface area (Å²) in [6.07, 6.45) is -7.21. The van der Waals surface area contributed by atoms with Gasteiger partial charge in [-0.25, -0.2) is 8.78 Å². The molecule has 0 aromatic heterocycles. The van der Waals surface area contributed by atoms with Crippen LogP contribution < -0.4 is 4.74 Å². The second kappa shape index (κ2) is 5.71. The SMILES string of the molecule is COc1ccc(-c2ccc(C(F)(F)F)cc2)c(C(F)F)c1. The predicted octanol–water partition coefficient (Wildman–Crippen LogP) is 5.32. The molecule has 0 saturated heterocycles. The molecule has 0 aliphatic heterocycles. The van der Waals surface area contributed by atoms with E-state index in [0.29, 0.717) is 5.56 Å². The van der Waals surface area contributed by atoms with Crippen LogP contribution in [0.3, 0.4) is 0 Å². The van der Waals surface area contributed by atoms with E-state index in [9.17, 15) is 22.0 Å². The lowest BCUT2D eigenvalue weighted by molar-refractivity contribution is -0.137. The maximum absolute atomic E-state index is 13.1. The molecule has 0 N–H and O–H groups in total. The highest BCUT2D eigenvalue weighted by atomic mass is 19.4. The minimum absolute atomic E-state index is 0.180. The van der Waals surface area contributed by atoms with Crippen molar-refractivity contribution in [2.45, 2.75) is 12.6 Å². The summed E-state index contributed by atoms with van der Waals surface area (Å²) in [5, 5.41) is 0. The summed E-state index contributed by atoms with van der Waals surface area (Å²) in [5.41, 5.74) is -0.632. The molecule has 2 aromatic rings. The van der Waals surface area contributed by atoms with E-state index >= 15 is 0 Å². The average Bonchev–Trinajstić information content (AvgIpc) is 2.45. The van der Waals surface area contributed by atoms with Gasteiger partial charge in [0.05, 0.1) is 12.7 Å². The first-order valence-corrected chi connectivity index (χ1v) is 5.96. The lowest BCUT2D eigenvalue weighted by Gasteiger charge is -2.12. The van der Waals surface area contributed by atoms with E-state index in [1.54, 1.807) is 0 Å². The number of rotatable bonds is 3. The third kappa shape index (κ3) is 3.32. The Bertz CT molecular complexity index is 617. The highest BCUT2D eigenvalue weighted by Gasteiger charge is 2.30. The molecule has 21 heavy (non-hydrogen) atoms. The molecule has 0 fully saturated rings. The van der Waals surface area contributed by atoms with Crippen molar-refractivity contribution in [2.24, 2.45) is 0 Å². The Morgan fingerprint density at radius 3 is 2.05 bits per heavy atom. The summed E-state index contributed by atoms with van der Waals surface area (Å²) >= 11 is 0. The number of ether oxygens (including phenoxy) is 1. The normalized spacial score (nSPS) is 11.8. The molecule has 0 spiro atoms. The van der Waals surface area contributed by atoms with Gasteiger partial charge in [-0.15, -0.1) is 0 Å². The molecule has 0 bridgehead atoms. The summed E-state index contributed by atoms with van der Waals surface area (Å²) in [4.78, 5) is 0. The van der Waals surface area contributed by atoms with Crippen molar-refractivity contribution in [3.05, 3.63) is 53.6 Å². The van der Waals surface area contributed by atoms with E-state index in [-0.39, 0.29) is 16.9 Å². The van der Waals surface area contributed by atoms with Crippen LogP contribution in [0.1, 0.15) is 17.6 Å². The summed E-state index contributed by atoms with van der Waals surface area (Å²) in [6, 6.07) is 8.16. The molecule has 6 heteroatoms. The van der Waals surface area contributed by atoms with Crippen molar-refractivity contribution in [1.82, 2.24) is 0 Å². The number of benzene rings is 2. The fourth-order valence-corrected chi connectivity index (χ4v) is 1.95. The zero-order chi connectivity index (χ0) is 15.6. The third-order valence-electron chi connectivity index (χ3n) is 3.02. The smallest absolute Gasteiger partial charge is 0.416 e. The van der Waals surface area contributed by atoms with Crippen LogP contribution in [0.5, 0.6) is 5.75 Å². The zero-order valence-corrected chi connectivity index (χ0v) is 10.9. The van der Waals surface area contributed by atoms with Crippen molar-refractivity contribution < 1.29 is 26.7 Å². The Labute approximate surface area is 118 Å². The Morgan fingerprint density at radius 2 is 1.57 bits per heavy atom. The highest BCUT2D eigenvalue weighted by molar-refractivity contribution is 5.69. The van der Waals surface area contributed by atoms with E-state index in [4.69, 9.17) is 4.74 Å². The molecule has 112 valence electrons. The van der Waals surface area contributed by atoms with Gasteiger partial charge in [0.1, 0.15) is 5.75 Å². The maximum atomic E-state index is 13.1. The van der Waals surface area contributed by atoms with Crippen LogP contribution in [0, 0.1) is 0 Å². The summed E-state index contributed by atoms with van der Waals surface area (Å²) < 4.78 is 68.5. The molecule has 1 nitrogen and oxygen atoms in total. The van der Waals surface area contributed by atoms with Gasteiger partial charge >= 0.3 is 6.18 Å². The first-order valence-electron chi connectivity index (χ1n) is 5.96. The standard InChI is InChI=1S/C15H11F5O/c1-21-11-6-7-12(13(8-11)14(16)17)9-2-4-10(5-3-9)15(18,19)20/h2-8,14H,1H3. The highest BCUT2D eigenvalue weighted by Crippen LogP contribution is 2.36. The van der Waals surface area contributed by atoms with Crippen molar-refractivity contribution in [2.75, 3.05) is 7.11 Å². The molecule has 0 aliphatic carbocycles. The Balaban J connectivity index is 2.46. The number of hydrogen-bond acceptors (Lipinski definition) is 1. The molecule has 0 aliphatic rings. The molecular formula is C15H11F5O. The Hall–Kier alpha value is -2.11. The van der Waals surface area contributed by atoms with Gasteiger partial charge in [0.2, 0.25) is 0 Å². The largest absolute Gasteiger partial charge is 0.497 e. The Kier molecular flexibility index (Phi) is 4.16. The van der Waals surface area contributed by atoms with Crippen molar-refractivity contribution >= 4 is 0 Å². The molecule has 0 heterocycles. The monoisotopic (exact) mass is 302 g/mol. The van der Waals surface area contributed by atoms with Crippen LogP contribution in [-0.4, -0.2) is 7.11 Å². The van der Waals surface area contributed by atoms with Gasteiger partial charge < -0.3 is 4.74 Å². The number of halogens is 5. The molecule has 2 aromatic carbocycles. The molecule has 0 unspecified atom stereocenters. The summed E-state index contributed by atoms with van der Waals surface area (Å²) in [5.74, 6) is 0.265. The molecule has 0 amide bonds. The maximum Gasteiger partial charge on any atom is 0.416 e. The summed E-state index contributed by atoms with van der Waals surface area (Å²) in [6.45, 7) is 0. The molecule has 2 rings (SSSR count). The van der Waals surface area contributed by atoms with Crippen LogP contribution >= 0.6 is 0 Å². The van der Waals surface area contributed by atoms with Crippen LogP contribution in [0.25, 0.3) is 11.1 Å². The van der Waals surface area contributed by atoms with E-state index in [1.165, 1.54) is 37.4 Å². The minimum Gasteiger partial charge on any atom is -0.497 e. The first-order chi connectivity index (χ1) is 9.82. The number of methoxy groups -OCH3 is 1. The quantitative estimate of drug-likeness (QED) is 0.697. The topological polar surface area (TPSA) is 9.23 Å². The van der Waals surface area contributed by atoms with Gasteiger partial charge in [0.25, 0.3) is 6.43 Å². The van der Waals surface area contributed by atoms with Gasteiger partial charge in [0.15, 0.2) is 0 Å². The van der Waals surface area contributed by atoms with E-state index in [0.717, 1.165) is 12.1 Å². The van der Waals surface area contributed by atoms with Crippen LogP contribution in [0.4, 0.5) is 22.0 Å². The van der Waals surface area contributed by atoms with E-state index < -0.39 is 18.2 Å². The first kappa shape index (κ1) is 15.3. The van der Waals surface area contributed by atoms with Crippen molar-refractivity contribution in [3.8, 4) is 16.9 Å². The zero-order valence-electron chi connectivity index (χ0n) is 10.9. The van der Waals surface area contributed by atoms with Crippen molar-refractivity contribution in [1.29, 1.82) is 0 Å². The molecule has 0 atom stereocenters. The lowest BCUT2D eigenvalue weighted by Crippen LogP contribution is -2.04. The minimum atomic E-state index is -4.45. The fourth-order valence-electron chi connectivity index (χ4n) is 1.95. The van der Waals surface area contributed by atoms with Crippen LogP contribution in [-0.2, 0) is 6.18 Å². The number of alkyl halides is 5. The van der Waals surface area contributed by atoms with Gasteiger partial charge in [-0.1, -0.05) is 18.2 Å². The molecular weight excluding hydrogens is 291 g/mol. The van der Waals surface area contributed by atoms with E-state index in [1.807, 2.05) is 0 Å². The van der Waals surface area contributed by atoms with Crippen LogP contribution in [0.2, 0.25) is 0 Å². The third-order valence-corrected chi connectivity index (χ3v) is 3.02. The van der Waals surface area contributed by atoms with Crippen molar-refractivity contribution in [3.63, 3.8) is 0 Å². The average molecular weight is 302 g/mol. The van der Waals surface area contributed by atoms with Crippen LogP contribution in [0.15, 0.2) is 42.5 Å². The van der Waals surface area contributed by atoms with Gasteiger partial charge in [-0.2, -0.15) is 13.2 Å². The molecule has 0 saturated carbocycles. The number of hydrogen-bond donors (Lipinski definition) is 0. The van der Waals surface area contributed by atoms with Gasteiger partial charge in [-0.3, -0.25) is 0 Å². The van der Waals surface area contributed by atoms with Gasteiger partial charge in [0, 0.05) is 5.56 Å². The predicted molar refractivity (Wildman–Crippen MR) is 68.4 cm³/mol. The van der Waals surface area contributed by atoms with Gasteiger partial charge in [-0.05, 0) is 35.4 Å². The fraction of sp³-hybridized carbons (Fsp3) is 0.200.